The molecular formula is C14H12BrClN2. The Hall–Kier alpha value is -1.06. The van der Waals surface area contributed by atoms with E-state index in [-0.39, 0.29) is 0 Å². The summed E-state index contributed by atoms with van der Waals surface area (Å²) in [6.07, 6.45) is 3.91. The monoisotopic (exact) mass is 322 g/mol. The molecule has 2 aromatic rings. The van der Waals surface area contributed by atoms with Crippen LogP contribution in [0.15, 0.2) is 41.0 Å². The minimum atomic E-state index is 0.442. The van der Waals surface area contributed by atoms with E-state index in [2.05, 4.69) is 50.5 Å². The summed E-state index contributed by atoms with van der Waals surface area (Å²) in [5.74, 6) is 0. The Morgan fingerprint density at radius 2 is 1.89 bits per heavy atom. The predicted octanol–water partition coefficient (Wildman–Crippen LogP) is 4.08. The van der Waals surface area contributed by atoms with Crippen LogP contribution in [0.4, 0.5) is 5.69 Å². The molecule has 0 saturated carbocycles. The van der Waals surface area contributed by atoms with E-state index in [1.54, 1.807) is 6.20 Å². The summed E-state index contributed by atoms with van der Waals surface area (Å²) in [4.78, 5) is 4.13. The van der Waals surface area contributed by atoms with Crippen molar-refractivity contribution in [2.24, 2.45) is 0 Å². The van der Waals surface area contributed by atoms with Crippen LogP contribution in [0.3, 0.4) is 0 Å². The van der Waals surface area contributed by atoms with Gasteiger partial charge in [0.1, 0.15) is 5.15 Å². The summed E-state index contributed by atoms with van der Waals surface area (Å²) < 4.78 is 0.824. The SMILES string of the molecule is Clc1ncc(NC2Cc3ccccc3C2)cc1Br. The van der Waals surface area contributed by atoms with Crippen molar-refractivity contribution in [2.45, 2.75) is 18.9 Å². The first kappa shape index (κ1) is 12.0. The van der Waals surface area contributed by atoms with E-state index in [4.69, 9.17) is 11.6 Å². The maximum Gasteiger partial charge on any atom is 0.143 e. The van der Waals surface area contributed by atoms with Gasteiger partial charge in [0.2, 0.25) is 0 Å². The van der Waals surface area contributed by atoms with Gasteiger partial charge in [-0.25, -0.2) is 4.98 Å². The molecule has 0 fully saturated rings. The second-order valence-electron chi connectivity index (χ2n) is 4.51. The average Bonchev–Trinajstić information content (AvgIpc) is 2.76. The fourth-order valence-corrected chi connectivity index (χ4v) is 2.85. The zero-order chi connectivity index (χ0) is 12.5. The van der Waals surface area contributed by atoms with E-state index < -0.39 is 0 Å². The lowest BCUT2D eigenvalue weighted by Crippen LogP contribution is -2.19. The Kier molecular flexibility index (Phi) is 3.27. The van der Waals surface area contributed by atoms with Crippen molar-refractivity contribution in [3.05, 3.63) is 57.3 Å². The van der Waals surface area contributed by atoms with Gasteiger partial charge in [-0.05, 0) is 46.0 Å². The van der Waals surface area contributed by atoms with Crippen molar-refractivity contribution in [3.63, 3.8) is 0 Å². The zero-order valence-corrected chi connectivity index (χ0v) is 12.0. The number of fused-ring (bicyclic) bond motifs is 1. The second-order valence-corrected chi connectivity index (χ2v) is 5.73. The summed E-state index contributed by atoms with van der Waals surface area (Å²) in [7, 11) is 0. The lowest BCUT2D eigenvalue weighted by molar-refractivity contribution is 0.773. The van der Waals surface area contributed by atoms with Crippen LogP contribution in [-0.4, -0.2) is 11.0 Å². The molecule has 0 saturated heterocycles. The summed E-state index contributed by atoms with van der Waals surface area (Å²) >= 11 is 9.27. The molecule has 1 aliphatic rings. The molecule has 1 aromatic heterocycles. The van der Waals surface area contributed by atoms with Gasteiger partial charge >= 0.3 is 0 Å². The standard InChI is InChI=1S/C14H12BrClN2/c15-13-7-12(8-17-14(13)16)18-11-5-9-3-1-2-4-10(9)6-11/h1-4,7-8,11,18H,5-6H2. The summed E-state index contributed by atoms with van der Waals surface area (Å²) in [6, 6.07) is 11.0. The van der Waals surface area contributed by atoms with Gasteiger partial charge < -0.3 is 5.32 Å². The van der Waals surface area contributed by atoms with E-state index in [0.29, 0.717) is 11.2 Å². The summed E-state index contributed by atoms with van der Waals surface area (Å²) in [6.45, 7) is 0. The molecule has 1 aromatic carbocycles. The number of anilines is 1. The van der Waals surface area contributed by atoms with Gasteiger partial charge in [0.15, 0.2) is 0 Å². The minimum Gasteiger partial charge on any atom is -0.380 e. The molecule has 18 heavy (non-hydrogen) atoms. The first-order valence-electron chi connectivity index (χ1n) is 5.87. The molecular weight excluding hydrogens is 312 g/mol. The number of hydrogen-bond acceptors (Lipinski definition) is 2. The summed E-state index contributed by atoms with van der Waals surface area (Å²) in [5.41, 5.74) is 3.89. The van der Waals surface area contributed by atoms with Crippen LogP contribution < -0.4 is 5.32 Å². The lowest BCUT2D eigenvalue weighted by atomic mass is 10.1. The van der Waals surface area contributed by atoms with Crippen molar-refractivity contribution in [3.8, 4) is 0 Å². The molecule has 0 unspecified atom stereocenters. The summed E-state index contributed by atoms with van der Waals surface area (Å²) in [5, 5.41) is 4.00. The molecule has 1 N–H and O–H groups in total. The first-order chi connectivity index (χ1) is 8.72. The van der Waals surface area contributed by atoms with Gasteiger partial charge in [0.25, 0.3) is 0 Å². The Labute approximate surface area is 120 Å². The van der Waals surface area contributed by atoms with Crippen LogP contribution in [0.1, 0.15) is 11.1 Å². The van der Waals surface area contributed by atoms with Crippen molar-refractivity contribution >= 4 is 33.2 Å². The van der Waals surface area contributed by atoms with Crippen molar-refractivity contribution in [2.75, 3.05) is 5.32 Å². The highest BCUT2D eigenvalue weighted by Crippen LogP contribution is 2.27. The van der Waals surface area contributed by atoms with Gasteiger partial charge in [-0.15, -0.1) is 0 Å². The number of nitrogens with zero attached hydrogens (tertiary/aromatic N) is 1. The van der Waals surface area contributed by atoms with E-state index >= 15 is 0 Å². The minimum absolute atomic E-state index is 0.442. The zero-order valence-electron chi connectivity index (χ0n) is 9.66. The predicted molar refractivity (Wildman–Crippen MR) is 78.2 cm³/mol. The molecule has 0 amide bonds. The van der Waals surface area contributed by atoms with Gasteiger partial charge in [0, 0.05) is 6.04 Å². The highest BCUT2D eigenvalue weighted by molar-refractivity contribution is 9.10. The van der Waals surface area contributed by atoms with Crippen LogP contribution in [0.5, 0.6) is 0 Å². The van der Waals surface area contributed by atoms with Gasteiger partial charge in [-0.3, -0.25) is 0 Å². The molecule has 0 aliphatic heterocycles. The molecule has 0 bridgehead atoms. The number of benzene rings is 1. The second kappa shape index (κ2) is 4.90. The van der Waals surface area contributed by atoms with Crippen molar-refractivity contribution in [1.29, 1.82) is 0 Å². The molecule has 0 radical (unpaired) electrons. The number of pyridine rings is 1. The highest BCUT2D eigenvalue weighted by atomic mass is 79.9. The first-order valence-corrected chi connectivity index (χ1v) is 7.04. The molecule has 4 heteroatoms. The fourth-order valence-electron chi connectivity index (χ4n) is 2.40. The normalized spacial score (nSPS) is 14.6. The smallest absolute Gasteiger partial charge is 0.143 e. The van der Waals surface area contributed by atoms with E-state index in [9.17, 15) is 0 Å². The Morgan fingerprint density at radius 1 is 1.22 bits per heavy atom. The topological polar surface area (TPSA) is 24.9 Å². The number of aromatic nitrogens is 1. The van der Waals surface area contributed by atoms with Gasteiger partial charge in [-0.1, -0.05) is 35.9 Å². The molecule has 3 rings (SSSR count). The Balaban J connectivity index is 1.74. The molecule has 1 aliphatic carbocycles. The van der Waals surface area contributed by atoms with Gasteiger partial charge in [-0.2, -0.15) is 0 Å². The third kappa shape index (κ3) is 2.38. The molecule has 2 nitrogen and oxygen atoms in total. The number of rotatable bonds is 2. The van der Waals surface area contributed by atoms with Crippen molar-refractivity contribution in [1.82, 2.24) is 4.98 Å². The quantitative estimate of drug-likeness (QED) is 0.843. The molecule has 0 spiro atoms. The van der Waals surface area contributed by atoms with E-state index in [1.807, 2.05) is 6.07 Å². The Bertz CT molecular complexity index is 561. The average molecular weight is 324 g/mol. The van der Waals surface area contributed by atoms with E-state index in [1.165, 1.54) is 11.1 Å². The Morgan fingerprint density at radius 3 is 2.50 bits per heavy atom. The number of nitrogens with one attached hydrogen (secondary N) is 1. The number of halogens is 2. The van der Waals surface area contributed by atoms with E-state index in [0.717, 1.165) is 23.0 Å². The molecule has 0 atom stereocenters. The third-order valence-corrected chi connectivity index (χ3v) is 4.35. The third-order valence-electron chi connectivity index (χ3n) is 3.22. The van der Waals surface area contributed by atoms with Crippen LogP contribution in [0.2, 0.25) is 5.15 Å². The number of hydrogen-bond donors (Lipinski definition) is 1. The maximum absolute atomic E-state index is 5.88. The molecule has 92 valence electrons. The highest BCUT2D eigenvalue weighted by Gasteiger charge is 2.20. The van der Waals surface area contributed by atoms with Crippen LogP contribution in [0.25, 0.3) is 0 Å². The largest absolute Gasteiger partial charge is 0.380 e. The van der Waals surface area contributed by atoms with Crippen LogP contribution in [-0.2, 0) is 12.8 Å². The van der Waals surface area contributed by atoms with Crippen LogP contribution >= 0.6 is 27.5 Å². The molecule has 1 heterocycles. The van der Waals surface area contributed by atoms with Crippen LogP contribution in [0, 0.1) is 0 Å². The fraction of sp³-hybridized carbons (Fsp3) is 0.214. The lowest BCUT2D eigenvalue weighted by Gasteiger charge is -2.13. The van der Waals surface area contributed by atoms with Gasteiger partial charge in [0.05, 0.1) is 16.4 Å². The van der Waals surface area contributed by atoms with Crippen molar-refractivity contribution < 1.29 is 0 Å². The maximum atomic E-state index is 5.88.